The van der Waals surface area contributed by atoms with Gasteiger partial charge < -0.3 is 0 Å². The molecule has 2 bridgehead atoms. The largest absolute Gasteiger partial charge is 0.215 e. The molecule has 0 unspecified atom stereocenters. The zero-order valence-electron chi connectivity index (χ0n) is 10.8. The summed E-state index contributed by atoms with van der Waals surface area (Å²) in [7, 11) is -3.21. The van der Waals surface area contributed by atoms with Crippen LogP contribution in [0.15, 0.2) is 42.5 Å². The topological polar surface area (TPSA) is 46.2 Å². The van der Waals surface area contributed by atoms with Crippen molar-refractivity contribution < 1.29 is 8.42 Å². The van der Waals surface area contributed by atoms with E-state index < -0.39 is 10.0 Å². The Morgan fingerprint density at radius 3 is 2.53 bits per heavy atom. The Bertz CT molecular complexity index is 565. The summed E-state index contributed by atoms with van der Waals surface area (Å²) in [6, 6.07) is 9.32. The van der Waals surface area contributed by atoms with Crippen molar-refractivity contribution in [3.05, 3.63) is 48.0 Å². The first-order chi connectivity index (χ1) is 9.12. The highest BCUT2D eigenvalue weighted by atomic mass is 32.2. The van der Waals surface area contributed by atoms with Crippen molar-refractivity contribution in [3.63, 3.8) is 0 Å². The predicted molar refractivity (Wildman–Crippen MR) is 75.9 cm³/mol. The summed E-state index contributed by atoms with van der Waals surface area (Å²) in [5.41, 5.74) is 0.836. The molecule has 1 N–H and O–H groups in total. The average Bonchev–Trinajstić information content (AvgIpc) is 2.99. The van der Waals surface area contributed by atoms with Gasteiger partial charge in [-0.1, -0.05) is 42.5 Å². The number of fused-ring (bicyclic) bond motifs is 2. The zero-order chi connectivity index (χ0) is 13.3. The minimum atomic E-state index is -3.21. The highest BCUT2D eigenvalue weighted by Gasteiger charge is 2.35. The molecule has 0 saturated heterocycles. The molecule has 1 saturated carbocycles. The van der Waals surface area contributed by atoms with Gasteiger partial charge in [0.05, 0.1) is 5.75 Å². The second-order valence-electron chi connectivity index (χ2n) is 5.63. The van der Waals surface area contributed by atoms with Gasteiger partial charge in [-0.2, -0.15) is 0 Å². The van der Waals surface area contributed by atoms with E-state index in [9.17, 15) is 8.42 Å². The standard InChI is InChI=1S/C15H19NO2S/c17-19(18,11-12-4-2-1-3-5-12)16-10-15-9-13-6-7-14(15)8-13/h1-7,13-16H,8-11H2/t13-,14-,15+/m0/s1. The molecular weight excluding hydrogens is 258 g/mol. The van der Waals surface area contributed by atoms with Gasteiger partial charge in [0.1, 0.15) is 0 Å². The average molecular weight is 277 g/mol. The van der Waals surface area contributed by atoms with Gasteiger partial charge in [0.25, 0.3) is 0 Å². The van der Waals surface area contributed by atoms with Crippen LogP contribution in [0, 0.1) is 17.8 Å². The van der Waals surface area contributed by atoms with Gasteiger partial charge in [-0.25, -0.2) is 13.1 Å². The van der Waals surface area contributed by atoms with Crippen molar-refractivity contribution in [3.8, 4) is 0 Å². The van der Waals surface area contributed by atoms with Crippen LogP contribution in [-0.2, 0) is 15.8 Å². The molecule has 0 aliphatic heterocycles. The molecule has 3 atom stereocenters. The molecule has 102 valence electrons. The fourth-order valence-corrected chi connectivity index (χ4v) is 4.41. The van der Waals surface area contributed by atoms with Crippen LogP contribution in [0.25, 0.3) is 0 Å². The van der Waals surface area contributed by atoms with Crippen LogP contribution >= 0.6 is 0 Å². The van der Waals surface area contributed by atoms with E-state index in [1.807, 2.05) is 30.3 Å². The molecule has 3 nitrogen and oxygen atoms in total. The summed E-state index contributed by atoms with van der Waals surface area (Å²) < 4.78 is 26.8. The van der Waals surface area contributed by atoms with E-state index in [1.54, 1.807) is 0 Å². The van der Waals surface area contributed by atoms with Crippen molar-refractivity contribution in [2.24, 2.45) is 17.8 Å². The molecule has 0 amide bonds. The lowest BCUT2D eigenvalue weighted by Gasteiger charge is -2.18. The SMILES string of the molecule is O=S(=O)(Cc1ccccc1)NC[C@H]1C[C@H]2C=C[C@H]1C2. The molecule has 2 aliphatic rings. The van der Waals surface area contributed by atoms with Crippen LogP contribution in [-0.4, -0.2) is 15.0 Å². The fourth-order valence-electron chi connectivity index (χ4n) is 3.21. The van der Waals surface area contributed by atoms with E-state index in [-0.39, 0.29) is 5.75 Å². The van der Waals surface area contributed by atoms with Crippen molar-refractivity contribution >= 4 is 10.0 Å². The van der Waals surface area contributed by atoms with E-state index >= 15 is 0 Å². The number of hydrogen-bond acceptors (Lipinski definition) is 2. The van der Waals surface area contributed by atoms with E-state index in [4.69, 9.17) is 0 Å². The minimum absolute atomic E-state index is 0.0739. The zero-order valence-corrected chi connectivity index (χ0v) is 11.6. The van der Waals surface area contributed by atoms with Gasteiger partial charge in [-0.05, 0) is 36.2 Å². The Balaban J connectivity index is 1.56. The molecule has 0 spiro atoms. The maximum absolute atomic E-state index is 12.0. The van der Waals surface area contributed by atoms with Crippen molar-refractivity contribution in [1.82, 2.24) is 4.72 Å². The van der Waals surface area contributed by atoms with Crippen molar-refractivity contribution in [1.29, 1.82) is 0 Å². The maximum Gasteiger partial charge on any atom is 0.215 e. The monoisotopic (exact) mass is 277 g/mol. The predicted octanol–water partition coefficient (Wildman–Crippen LogP) is 2.32. The van der Waals surface area contributed by atoms with Crippen LogP contribution in [0.1, 0.15) is 18.4 Å². The van der Waals surface area contributed by atoms with Crippen LogP contribution in [0.3, 0.4) is 0 Å². The fraction of sp³-hybridized carbons (Fsp3) is 0.467. The number of hydrogen-bond donors (Lipinski definition) is 1. The molecular formula is C15H19NO2S. The molecule has 19 heavy (non-hydrogen) atoms. The van der Waals surface area contributed by atoms with Gasteiger partial charge in [0.2, 0.25) is 10.0 Å². The normalized spacial score (nSPS) is 28.9. The molecule has 1 aromatic rings. The number of benzene rings is 1. The van der Waals surface area contributed by atoms with Gasteiger partial charge >= 0.3 is 0 Å². The number of nitrogens with one attached hydrogen (secondary N) is 1. The molecule has 3 rings (SSSR count). The van der Waals surface area contributed by atoms with E-state index in [0.29, 0.717) is 24.3 Å². The lowest BCUT2D eigenvalue weighted by molar-refractivity contribution is 0.440. The molecule has 0 aromatic heterocycles. The van der Waals surface area contributed by atoms with E-state index in [1.165, 1.54) is 6.42 Å². The minimum Gasteiger partial charge on any atom is -0.215 e. The Morgan fingerprint density at radius 2 is 1.89 bits per heavy atom. The molecule has 0 heterocycles. The summed E-state index contributed by atoms with van der Waals surface area (Å²) >= 11 is 0. The number of sulfonamides is 1. The molecule has 0 radical (unpaired) electrons. The second-order valence-corrected chi connectivity index (χ2v) is 7.44. The van der Waals surface area contributed by atoms with Gasteiger partial charge in [-0.3, -0.25) is 0 Å². The van der Waals surface area contributed by atoms with E-state index in [0.717, 1.165) is 12.0 Å². The Morgan fingerprint density at radius 1 is 1.11 bits per heavy atom. The smallest absolute Gasteiger partial charge is 0.215 e. The summed E-state index contributed by atoms with van der Waals surface area (Å²) in [6.45, 7) is 0.584. The quantitative estimate of drug-likeness (QED) is 0.840. The Hall–Kier alpha value is -1.13. The number of allylic oxidation sites excluding steroid dienone is 2. The second kappa shape index (κ2) is 5.10. The van der Waals surface area contributed by atoms with Crippen molar-refractivity contribution in [2.75, 3.05) is 6.54 Å². The first-order valence-corrected chi connectivity index (χ1v) is 8.47. The number of rotatable bonds is 5. The summed E-state index contributed by atoms with van der Waals surface area (Å²) in [6.07, 6.45) is 6.88. The first kappa shape index (κ1) is 12.9. The highest BCUT2D eigenvalue weighted by Crippen LogP contribution is 2.42. The van der Waals surface area contributed by atoms with Crippen molar-refractivity contribution in [2.45, 2.75) is 18.6 Å². The Labute approximate surface area is 114 Å². The molecule has 4 heteroatoms. The van der Waals surface area contributed by atoms with Crippen LogP contribution in [0.4, 0.5) is 0 Å². The third-order valence-electron chi connectivity index (χ3n) is 4.18. The Kier molecular flexibility index (Phi) is 3.46. The summed E-state index contributed by atoms with van der Waals surface area (Å²) in [5, 5.41) is 0. The summed E-state index contributed by atoms with van der Waals surface area (Å²) in [4.78, 5) is 0. The molecule has 1 aromatic carbocycles. The third-order valence-corrected chi connectivity index (χ3v) is 5.50. The summed E-state index contributed by atoms with van der Waals surface area (Å²) in [5.74, 6) is 1.84. The van der Waals surface area contributed by atoms with Crippen LogP contribution < -0.4 is 4.72 Å². The molecule has 2 aliphatic carbocycles. The van der Waals surface area contributed by atoms with E-state index in [2.05, 4.69) is 16.9 Å². The van der Waals surface area contributed by atoms with Gasteiger partial charge in [0.15, 0.2) is 0 Å². The lowest BCUT2D eigenvalue weighted by Crippen LogP contribution is -2.31. The van der Waals surface area contributed by atoms with Crippen LogP contribution in [0.5, 0.6) is 0 Å². The molecule has 1 fully saturated rings. The third kappa shape index (κ3) is 3.07. The maximum atomic E-state index is 12.0. The first-order valence-electron chi connectivity index (χ1n) is 6.82. The van der Waals surface area contributed by atoms with Gasteiger partial charge in [0, 0.05) is 6.54 Å². The van der Waals surface area contributed by atoms with Crippen LogP contribution in [0.2, 0.25) is 0 Å². The van der Waals surface area contributed by atoms with Gasteiger partial charge in [-0.15, -0.1) is 0 Å². The lowest BCUT2D eigenvalue weighted by atomic mass is 9.94. The highest BCUT2D eigenvalue weighted by molar-refractivity contribution is 7.88.